The Hall–Kier alpha value is -3.29. The number of pyridine rings is 1. The van der Waals surface area contributed by atoms with Crippen molar-refractivity contribution in [1.29, 1.82) is 0 Å². The third-order valence-corrected chi connectivity index (χ3v) is 3.85. The van der Waals surface area contributed by atoms with Gasteiger partial charge >= 0.3 is 6.09 Å². The lowest BCUT2D eigenvalue weighted by Crippen LogP contribution is -2.35. The smallest absolute Gasteiger partial charge is 0.404 e. The number of hydrogen-bond acceptors (Lipinski definition) is 4. The van der Waals surface area contributed by atoms with Gasteiger partial charge in [0.1, 0.15) is 29.3 Å². The third-order valence-electron chi connectivity index (χ3n) is 3.85. The van der Waals surface area contributed by atoms with Crippen molar-refractivity contribution in [2.75, 3.05) is 13.2 Å². The topological polar surface area (TPSA) is 85.1 Å². The third kappa shape index (κ3) is 4.28. The summed E-state index contributed by atoms with van der Waals surface area (Å²) in [7, 11) is 0. The van der Waals surface area contributed by atoms with E-state index < -0.39 is 11.9 Å². The maximum atomic E-state index is 14.7. The van der Waals surface area contributed by atoms with Crippen LogP contribution in [0.2, 0.25) is 0 Å². The zero-order valence-electron chi connectivity index (χ0n) is 15.0. The minimum atomic E-state index is -1.10. The molecule has 0 aliphatic carbocycles. The van der Waals surface area contributed by atoms with E-state index in [-0.39, 0.29) is 18.3 Å². The summed E-state index contributed by atoms with van der Waals surface area (Å²) >= 11 is 0. The lowest BCUT2D eigenvalue weighted by atomic mass is 10.1. The minimum Gasteiger partial charge on any atom is -0.492 e. The fraction of sp³-hybridized carbons (Fsp3) is 0.263. The van der Waals surface area contributed by atoms with Gasteiger partial charge in [0.15, 0.2) is 5.82 Å². The van der Waals surface area contributed by atoms with E-state index in [4.69, 9.17) is 14.6 Å². The summed E-state index contributed by atoms with van der Waals surface area (Å²) in [6, 6.07) is 9.78. The fourth-order valence-corrected chi connectivity index (χ4v) is 2.62. The quantitative estimate of drug-likeness (QED) is 0.661. The minimum absolute atomic E-state index is 0.189. The largest absolute Gasteiger partial charge is 0.492 e. The molecule has 0 saturated heterocycles. The van der Waals surface area contributed by atoms with Crippen LogP contribution in [0.1, 0.15) is 13.8 Å². The molecule has 7 nitrogen and oxygen atoms in total. The highest BCUT2D eigenvalue weighted by atomic mass is 19.1. The molecule has 0 unspecified atom stereocenters. The fourth-order valence-electron chi connectivity index (χ4n) is 2.62. The molecule has 0 radical (unpaired) electrons. The van der Waals surface area contributed by atoms with Crippen molar-refractivity contribution in [1.82, 2.24) is 14.9 Å². The number of ether oxygens (including phenoxy) is 2. The highest BCUT2D eigenvalue weighted by molar-refractivity contribution is 5.68. The number of nitrogens with zero attached hydrogens (tertiary/aromatic N) is 2. The van der Waals surface area contributed by atoms with Crippen LogP contribution in [0, 0.1) is 5.82 Å². The number of nitrogens with one attached hydrogen (secondary N) is 1. The number of benzene rings is 1. The van der Waals surface area contributed by atoms with E-state index in [1.54, 1.807) is 49.5 Å². The molecule has 1 atom stereocenters. The Kier molecular flexibility index (Phi) is 5.44. The first kappa shape index (κ1) is 18.5. The summed E-state index contributed by atoms with van der Waals surface area (Å²) in [4.78, 5) is 10.6. The Labute approximate surface area is 155 Å². The summed E-state index contributed by atoms with van der Waals surface area (Å²) in [6.07, 6.45) is 0.538. The number of fused-ring (bicyclic) bond motifs is 1. The van der Waals surface area contributed by atoms with E-state index in [0.29, 0.717) is 29.2 Å². The number of hydrogen-bond donors (Lipinski definition) is 2. The van der Waals surface area contributed by atoms with E-state index in [1.807, 2.05) is 6.92 Å². The summed E-state index contributed by atoms with van der Waals surface area (Å²) in [5, 5.41) is 15.3. The van der Waals surface area contributed by atoms with E-state index >= 15 is 0 Å². The highest BCUT2D eigenvalue weighted by Crippen LogP contribution is 2.27. The molecule has 0 bridgehead atoms. The van der Waals surface area contributed by atoms with E-state index in [1.165, 1.54) is 4.52 Å². The Morgan fingerprint density at radius 1 is 1.22 bits per heavy atom. The molecule has 0 saturated carbocycles. The predicted molar refractivity (Wildman–Crippen MR) is 97.9 cm³/mol. The molecule has 3 rings (SSSR count). The van der Waals surface area contributed by atoms with Gasteiger partial charge in [-0.3, -0.25) is 0 Å². The first-order valence-corrected chi connectivity index (χ1v) is 8.51. The normalized spacial score (nSPS) is 12.0. The Morgan fingerprint density at radius 2 is 1.93 bits per heavy atom. The van der Waals surface area contributed by atoms with Crippen molar-refractivity contribution >= 4 is 11.6 Å². The monoisotopic (exact) mass is 373 g/mol. The van der Waals surface area contributed by atoms with Gasteiger partial charge in [0.2, 0.25) is 0 Å². The first-order chi connectivity index (χ1) is 13.0. The molecule has 1 amide bonds. The number of carbonyl (C=O) groups is 1. The van der Waals surface area contributed by atoms with Gasteiger partial charge in [-0.1, -0.05) is 0 Å². The second-order valence-corrected chi connectivity index (χ2v) is 5.98. The van der Waals surface area contributed by atoms with Gasteiger partial charge in [-0.15, -0.1) is 0 Å². The molecule has 0 aliphatic heterocycles. The van der Waals surface area contributed by atoms with Crippen LogP contribution in [0.5, 0.6) is 11.5 Å². The van der Waals surface area contributed by atoms with Gasteiger partial charge in [0, 0.05) is 5.56 Å². The Balaban J connectivity index is 1.76. The van der Waals surface area contributed by atoms with Gasteiger partial charge in [-0.05, 0) is 50.2 Å². The van der Waals surface area contributed by atoms with Crippen LogP contribution in [-0.4, -0.2) is 40.1 Å². The maximum Gasteiger partial charge on any atom is 0.404 e. The summed E-state index contributed by atoms with van der Waals surface area (Å²) < 4.78 is 27.1. The molecule has 0 spiro atoms. The van der Waals surface area contributed by atoms with Crippen molar-refractivity contribution in [3.8, 4) is 22.8 Å². The molecule has 2 heterocycles. The number of amides is 1. The van der Waals surface area contributed by atoms with Crippen molar-refractivity contribution < 1.29 is 23.8 Å². The van der Waals surface area contributed by atoms with Crippen LogP contribution in [0.4, 0.5) is 9.18 Å². The molecule has 2 N–H and O–H groups in total. The standard InChI is InChI=1S/C19H20FN3O4/c1-3-26-15-8-9-16-17(20)18(22-23(16)10-15)13-4-6-14(7-5-13)27-11-12(2)21-19(24)25/h4-10,12,21H,3,11H2,1-2H3,(H,24,25)/t12-/m0/s1. The van der Waals surface area contributed by atoms with Crippen molar-refractivity contribution in [3.05, 3.63) is 48.4 Å². The van der Waals surface area contributed by atoms with Crippen molar-refractivity contribution in [3.63, 3.8) is 0 Å². The summed E-state index contributed by atoms with van der Waals surface area (Å²) in [5.74, 6) is 0.762. The SMILES string of the molecule is CCOc1ccc2c(F)c(-c3ccc(OC[C@H](C)NC(=O)O)cc3)nn2c1. The van der Waals surface area contributed by atoms with Crippen LogP contribution in [0.25, 0.3) is 16.8 Å². The number of carboxylic acid groups (broad SMARTS) is 1. The average molecular weight is 373 g/mol. The molecule has 142 valence electrons. The molecule has 0 fully saturated rings. The second kappa shape index (κ2) is 7.94. The van der Waals surface area contributed by atoms with E-state index in [2.05, 4.69) is 10.4 Å². The van der Waals surface area contributed by atoms with E-state index in [0.717, 1.165) is 0 Å². The van der Waals surface area contributed by atoms with Gasteiger partial charge in [-0.25, -0.2) is 13.7 Å². The first-order valence-electron chi connectivity index (χ1n) is 8.51. The Morgan fingerprint density at radius 3 is 2.59 bits per heavy atom. The van der Waals surface area contributed by atoms with E-state index in [9.17, 15) is 9.18 Å². The second-order valence-electron chi connectivity index (χ2n) is 5.98. The zero-order valence-corrected chi connectivity index (χ0v) is 15.0. The van der Waals surface area contributed by atoms with Gasteiger partial charge < -0.3 is 19.9 Å². The highest BCUT2D eigenvalue weighted by Gasteiger charge is 2.15. The molecule has 27 heavy (non-hydrogen) atoms. The lowest BCUT2D eigenvalue weighted by molar-refractivity contribution is 0.183. The molecular formula is C19H20FN3O4. The van der Waals surface area contributed by atoms with Crippen LogP contribution in [-0.2, 0) is 0 Å². The molecule has 1 aromatic carbocycles. The molecule has 8 heteroatoms. The molecule has 0 aliphatic rings. The van der Waals surface area contributed by atoms with Gasteiger partial charge in [0.05, 0.1) is 18.8 Å². The number of aromatic nitrogens is 2. The van der Waals surface area contributed by atoms with Crippen LogP contribution < -0.4 is 14.8 Å². The van der Waals surface area contributed by atoms with Crippen molar-refractivity contribution in [2.24, 2.45) is 0 Å². The number of rotatable bonds is 7. The Bertz CT molecular complexity index is 940. The number of halogens is 1. The van der Waals surface area contributed by atoms with Gasteiger partial charge in [-0.2, -0.15) is 5.10 Å². The van der Waals surface area contributed by atoms with Gasteiger partial charge in [0.25, 0.3) is 0 Å². The molecule has 2 aromatic heterocycles. The molecular weight excluding hydrogens is 353 g/mol. The van der Waals surface area contributed by atoms with Crippen LogP contribution in [0.15, 0.2) is 42.6 Å². The average Bonchev–Trinajstić information content (AvgIpc) is 2.96. The van der Waals surface area contributed by atoms with Crippen molar-refractivity contribution in [2.45, 2.75) is 19.9 Å². The summed E-state index contributed by atoms with van der Waals surface area (Å²) in [5.41, 5.74) is 1.21. The van der Waals surface area contributed by atoms with Crippen LogP contribution >= 0.6 is 0 Å². The predicted octanol–water partition coefficient (Wildman–Crippen LogP) is 3.57. The lowest BCUT2D eigenvalue weighted by Gasteiger charge is -2.13. The summed E-state index contributed by atoms with van der Waals surface area (Å²) in [6.45, 7) is 4.28. The zero-order chi connectivity index (χ0) is 19.4. The maximum absolute atomic E-state index is 14.7. The molecule has 3 aromatic rings. The van der Waals surface area contributed by atoms with Crippen LogP contribution in [0.3, 0.4) is 0 Å².